The minimum Gasteiger partial charge on any atom is -0.497 e. The lowest BCUT2D eigenvalue weighted by Gasteiger charge is -2.27. The molecule has 0 unspecified atom stereocenters. The van der Waals surface area contributed by atoms with Crippen LogP contribution in [0.25, 0.3) is 0 Å². The largest absolute Gasteiger partial charge is 0.497 e. The van der Waals surface area contributed by atoms with Crippen LogP contribution in [0.15, 0.2) is 42.5 Å². The summed E-state index contributed by atoms with van der Waals surface area (Å²) < 4.78 is 73.9. The Kier molecular flexibility index (Phi) is 11.1. The van der Waals surface area contributed by atoms with Gasteiger partial charge in [0, 0.05) is 5.56 Å². The van der Waals surface area contributed by atoms with E-state index in [4.69, 9.17) is 27.9 Å². The first-order valence-corrected chi connectivity index (χ1v) is 12.7. The van der Waals surface area contributed by atoms with Gasteiger partial charge in [-0.2, -0.15) is 22.0 Å². The van der Waals surface area contributed by atoms with Gasteiger partial charge in [-0.25, -0.2) is 0 Å². The summed E-state index contributed by atoms with van der Waals surface area (Å²) in [5.74, 6) is -11.2. The second-order valence-electron chi connectivity index (χ2n) is 9.21. The molecule has 2 aromatic rings. The molecule has 0 aliphatic heterocycles. The molecule has 2 aromatic carbocycles. The molecule has 41 heavy (non-hydrogen) atoms. The lowest BCUT2D eigenvalue weighted by atomic mass is 9.97. The Morgan fingerprint density at radius 1 is 0.805 bits per heavy atom. The zero-order valence-corrected chi connectivity index (χ0v) is 23.5. The monoisotopic (exact) mass is 625 g/mol. The summed E-state index contributed by atoms with van der Waals surface area (Å²) in [6.45, 7) is 3.60. The number of alkyl halides is 5. The molecule has 3 amide bonds. The number of amides is 3. The average molecular weight is 626 g/mol. The van der Waals surface area contributed by atoms with E-state index >= 15 is 0 Å². The van der Waals surface area contributed by atoms with E-state index in [2.05, 4.69) is 5.32 Å². The summed E-state index contributed by atoms with van der Waals surface area (Å²) in [5, 5.41) is 5.80. The lowest BCUT2D eigenvalue weighted by molar-refractivity contribution is -0.175. The highest BCUT2D eigenvalue weighted by atomic mass is 35.5. The van der Waals surface area contributed by atoms with Crippen LogP contribution in [0.5, 0.6) is 5.75 Å². The number of ketones is 1. The Labute approximate surface area is 241 Å². The molecule has 0 spiro atoms. The molecule has 15 heteroatoms. The smallest absolute Gasteiger partial charge is 0.452 e. The standard InChI is InChI=1S/C26H26Cl2F5N3O5/c1-12(2)19(21(37)26(31,32)33)35-23(39)20(14-5-8-16(41-4)9-6-14)36-22(38)13(3)34-24(40)25(29,30)15-7-10-17(27)18(28)11-15/h5-13,19-20H,1-4H3,(H,34,40)(H,35,39)(H,36,38)/t13-,19+,20+/m1/s1. The third-order valence-corrected chi connectivity index (χ3v) is 6.57. The number of methoxy groups -OCH3 is 1. The van der Waals surface area contributed by atoms with Gasteiger partial charge in [0.25, 0.3) is 11.7 Å². The minimum atomic E-state index is -5.25. The summed E-state index contributed by atoms with van der Waals surface area (Å²) in [4.78, 5) is 50.3. The number of rotatable bonds is 11. The third-order valence-electron chi connectivity index (χ3n) is 5.83. The summed E-state index contributed by atoms with van der Waals surface area (Å²) in [6, 6.07) is 2.82. The van der Waals surface area contributed by atoms with E-state index in [0.717, 1.165) is 25.1 Å². The topological polar surface area (TPSA) is 114 Å². The molecule has 0 bridgehead atoms. The molecule has 224 valence electrons. The number of hydrogen-bond acceptors (Lipinski definition) is 5. The van der Waals surface area contributed by atoms with Gasteiger partial charge in [0.2, 0.25) is 11.8 Å². The van der Waals surface area contributed by atoms with Crippen molar-refractivity contribution in [1.82, 2.24) is 16.0 Å². The number of carbonyl (C=O) groups excluding carboxylic acids is 4. The Hall–Kier alpha value is -3.45. The van der Waals surface area contributed by atoms with E-state index in [0.29, 0.717) is 5.75 Å². The third kappa shape index (κ3) is 8.52. The molecular formula is C26H26Cl2F5N3O5. The maximum absolute atomic E-state index is 14.8. The van der Waals surface area contributed by atoms with E-state index in [1.165, 1.54) is 45.2 Å². The number of benzene rings is 2. The van der Waals surface area contributed by atoms with Gasteiger partial charge in [-0.05, 0) is 42.7 Å². The van der Waals surface area contributed by atoms with Gasteiger partial charge >= 0.3 is 12.1 Å². The van der Waals surface area contributed by atoms with Gasteiger partial charge in [-0.3, -0.25) is 19.2 Å². The number of hydrogen-bond donors (Lipinski definition) is 3. The first-order chi connectivity index (χ1) is 18.9. The first-order valence-electron chi connectivity index (χ1n) is 11.9. The fourth-order valence-electron chi connectivity index (χ4n) is 3.49. The van der Waals surface area contributed by atoms with E-state index < -0.39 is 65.2 Å². The first kappa shape index (κ1) is 33.8. The molecular weight excluding hydrogens is 600 g/mol. The molecule has 0 aliphatic rings. The molecule has 0 aliphatic carbocycles. The van der Waals surface area contributed by atoms with E-state index in [-0.39, 0.29) is 15.6 Å². The maximum Gasteiger partial charge on any atom is 0.452 e. The molecule has 0 fully saturated rings. The van der Waals surface area contributed by atoms with Gasteiger partial charge in [-0.1, -0.05) is 55.2 Å². The normalized spacial score (nSPS) is 14.0. The van der Waals surface area contributed by atoms with Crippen molar-refractivity contribution in [3.8, 4) is 5.75 Å². The molecule has 0 saturated heterocycles. The van der Waals surface area contributed by atoms with Crippen LogP contribution >= 0.6 is 23.2 Å². The zero-order chi connectivity index (χ0) is 31.3. The molecule has 0 saturated carbocycles. The molecule has 3 N–H and O–H groups in total. The summed E-state index contributed by atoms with van der Waals surface area (Å²) in [5.41, 5.74) is -0.750. The summed E-state index contributed by atoms with van der Waals surface area (Å²) in [7, 11) is 1.36. The summed E-state index contributed by atoms with van der Waals surface area (Å²) in [6.07, 6.45) is -5.25. The second-order valence-corrected chi connectivity index (χ2v) is 10.0. The van der Waals surface area contributed by atoms with Crippen LogP contribution in [-0.2, 0) is 25.1 Å². The van der Waals surface area contributed by atoms with Crippen LogP contribution in [0.4, 0.5) is 22.0 Å². The highest BCUT2D eigenvalue weighted by Crippen LogP contribution is 2.33. The number of ether oxygens (including phenoxy) is 1. The Morgan fingerprint density at radius 3 is 1.88 bits per heavy atom. The van der Waals surface area contributed by atoms with Crippen molar-refractivity contribution in [2.24, 2.45) is 5.92 Å². The van der Waals surface area contributed by atoms with Crippen molar-refractivity contribution in [2.45, 2.75) is 51.0 Å². The average Bonchev–Trinajstić information content (AvgIpc) is 2.90. The van der Waals surface area contributed by atoms with Crippen molar-refractivity contribution in [3.63, 3.8) is 0 Å². The number of nitrogens with one attached hydrogen (secondary N) is 3. The van der Waals surface area contributed by atoms with Crippen LogP contribution in [0, 0.1) is 5.92 Å². The number of Topliss-reactive ketones (excluding diaryl/α,β-unsaturated/α-hetero) is 1. The van der Waals surface area contributed by atoms with Crippen LogP contribution < -0.4 is 20.7 Å². The van der Waals surface area contributed by atoms with Crippen molar-refractivity contribution < 1.29 is 45.9 Å². The van der Waals surface area contributed by atoms with Crippen molar-refractivity contribution in [1.29, 1.82) is 0 Å². The van der Waals surface area contributed by atoms with Crippen LogP contribution in [0.1, 0.15) is 37.9 Å². The highest BCUT2D eigenvalue weighted by Gasteiger charge is 2.46. The zero-order valence-electron chi connectivity index (χ0n) is 22.0. The van der Waals surface area contributed by atoms with Crippen LogP contribution in [0.2, 0.25) is 10.0 Å². The molecule has 8 nitrogen and oxygen atoms in total. The van der Waals surface area contributed by atoms with Gasteiger partial charge in [-0.15, -0.1) is 0 Å². The summed E-state index contributed by atoms with van der Waals surface area (Å²) >= 11 is 11.5. The van der Waals surface area contributed by atoms with Crippen LogP contribution in [-0.4, -0.2) is 48.9 Å². The Balaban J connectivity index is 2.30. The fraction of sp³-hybridized carbons (Fsp3) is 0.385. The molecule has 0 radical (unpaired) electrons. The van der Waals surface area contributed by atoms with Crippen LogP contribution in [0.3, 0.4) is 0 Å². The fourth-order valence-corrected chi connectivity index (χ4v) is 3.79. The predicted molar refractivity (Wildman–Crippen MR) is 140 cm³/mol. The van der Waals surface area contributed by atoms with Crippen molar-refractivity contribution in [3.05, 3.63) is 63.6 Å². The lowest BCUT2D eigenvalue weighted by Crippen LogP contribution is -2.55. The molecule has 2 rings (SSSR count). The maximum atomic E-state index is 14.8. The van der Waals surface area contributed by atoms with Gasteiger partial charge < -0.3 is 20.7 Å². The van der Waals surface area contributed by atoms with E-state index in [1.54, 1.807) is 0 Å². The number of halogens is 7. The molecule has 0 aromatic heterocycles. The Morgan fingerprint density at radius 2 is 1.39 bits per heavy atom. The SMILES string of the molecule is COc1ccc([C@H](NC(=O)[C@@H](C)NC(=O)C(F)(F)c2ccc(Cl)c(Cl)c2)C(=O)N[C@H](C(=O)C(F)(F)F)C(C)C)cc1. The van der Waals surface area contributed by atoms with E-state index in [1.807, 2.05) is 10.6 Å². The Bertz CT molecular complexity index is 1290. The molecule has 3 atom stereocenters. The van der Waals surface area contributed by atoms with Crippen molar-refractivity contribution in [2.75, 3.05) is 7.11 Å². The van der Waals surface area contributed by atoms with E-state index in [9.17, 15) is 41.1 Å². The van der Waals surface area contributed by atoms with Gasteiger partial charge in [0.05, 0.1) is 23.2 Å². The molecule has 0 heterocycles. The second kappa shape index (κ2) is 13.5. The highest BCUT2D eigenvalue weighted by molar-refractivity contribution is 6.42. The van der Waals surface area contributed by atoms with Gasteiger partial charge in [0.15, 0.2) is 0 Å². The quantitative estimate of drug-likeness (QED) is 0.313. The van der Waals surface area contributed by atoms with Gasteiger partial charge in [0.1, 0.15) is 17.8 Å². The number of carbonyl (C=O) groups is 4. The van der Waals surface area contributed by atoms with Crippen molar-refractivity contribution >= 4 is 46.7 Å². The predicted octanol–water partition coefficient (Wildman–Crippen LogP) is 4.73. The minimum absolute atomic E-state index is 0.0288.